The molecule has 0 saturated carbocycles. The van der Waals surface area contributed by atoms with E-state index in [1.807, 2.05) is 12.1 Å². The molecule has 17 nitrogen and oxygen atoms in total. The summed E-state index contributed by atoms with van der Waals surface area (Å²) in [6.45, 7) is 4.28. The summed E-state index contributed by atoms with van der Waals surface area (Å²) in [5.41, 5.74) is 3.78. The van der Waals surface area contributed by atoms with Crippen molar-refractivity contribution in [3.05, 3.63) is 109 Å². The highest BCUT2D eigenvalue weighted by Gasteiger charge is 2.42. The van der Waals surface area contributed by atoms with Crippen LogP contribution in [0.15, 0.2) is 66.7 Å². The highest BCUT2D eigenvalue weighted by molar-refractivity contribution is 5.76. The minimum Gasteiger partial charge on any atom is -0.493 e. The lowest BCUT2D eigenvalue weighted by Crippen LogP contribution is -2.50. The fraction of sp³-hybridized carbons (Fsp3) is 0.350. The molecular weight excluding hydrogens is 744 g/mol. The van der Waals surface area contributed by atoms with Crippen molar-refractivity contribution < 1.29 is 52.6 Å². The SMILES string of the molecule is COc1cc(C2C[C@H](COC=O)[C@H](N3CCN(c4ccc([N+](=O)[O-])cc4)CC3)c3cc4c(cc32)OCO4)cc(OC)c1OC(=O)COc1cccc(C)c1[N+](=O)[O-]. The van der Waals surface area contributed by atoms with Gasteiger partial charge in [-0.15, -0.1) is 0 Å². The first-order valence-electron chi connectivity index (χ1n) is 18.2. The number of carbonyl (C=O) groups excluding carboxylic acids is 2. The third-order valence-electron chi connectivity index (χ3n) is 10.6. The number of nitro groups is 2. The Hall–Kier alpha value is -6.62. The van der Waals surface area contributed by atoms with Crippen molar-refractivity contribution in [1.29, 1.82) is 0 Å². The van der Waals surface area contributed by atoms with E-state index in [1.54, 1.807) is 43.3 Å². The van der Waals surface area contributed by atoms with Gasteiger partial charge >= 0.3 is 11.7 Å². The first kappa shape index (κ1) is 38.6. The first-order valence-corrected chi connectivity index (χ1v) is 18.2. The van der Waals surface area contributed by atoms with Gasteiger partial charge in [-0.25, -0.2) is 4.79 Å². The molecule has 17 heteroatoms. The van der Waals surface area contributed by atoms with Crippen LogP contribution in [0.3, 0.4) is 0 Å². The number of fused-ring (bicyclic) bond motifs is 2. The molecule has 4 aromatic rings. The Labute approximate surface area is 326 Å². The van der Waals surface area contributed by atoms with Crippen LogP contribution in [0.5, 0.6) is 34.5 Å². The number of non-ortho nitro benzene ring substituents is 1. The molecule has 2 aliphatic heterocycles. The van der Waals surface area contributed by atoms with Crippen LogP contribution in [0.2, 0.25) is 0 Å². The molecule has 3 atom stereocenters. The fourth-order valence-corrected chi connectivity index (χ4v) is 7.98. The summed E-state index contributed by atoms with van der Waals surface area (Å²) in [5, 5.41) is 22.8. The number of esters is 1. The first-order chi connectivity index (χ1) is 27.6. The van der Waals surface area contributed by atoms with Gasteiger partial charge in [-0.3, -0.25) is 29.9 Å². The Morgan fingerprint density at radius 3 is 2.16 bits per heavy atom. The number of nitro benzene ring substituents is 2. The van der Waals surface area contributed by atoms with Gasteiger partial charge in [-0.1, -0.05) is 12.1 Å². The number of methoxy groups -OCH3 is 2. The molecule has 2 heterocycles. The molecule has 0 aromatic heterocycles. The average molecular weight is 785 g/mol. The van der Waals surface area contributed by atoms with E-state index in [4.69, 9.17) is 33.2 Å². The van der Waals surface area contributed by atoms with Crippen molar-refractivity contribution in [1.82, 2.24) is 4.90 Å². The maximum absolute atomic E-state index is 13.1. The standard InChI is InChI=1S/C40H40N4O13/c1-24-5-4-6-32(38(24)44(49)50)54-21-37(46)57-40-35(51-2)16-25(17-36(40)52-3)29-15-26(20-53-22-45)39(31-19-34-33(18-30(29)31)55-23-56-34)42-13-11-41(12-14-42)27-7-9-28(10-8-27)43(47)48/h4-10,16-19,22,26,29,39H,11-15,20-21,23H2,1-3H3/t26-,29?,39+/m1/s1. The lowest BCUT2D eigenvalue weighted by Gasteiger charge is -2.47. The van der Waals surface area contributed by atoms with Gasteiger partial charge in [0.15, 0.2) is 35.4 Å². The molecule has 0 amide bonds. The van der Waals surface area contributed by atoms with Crippen LogP contribution in [-0.2, 0) is 14.3 Å². The van der Waals surface area contributed by atoms with Crippen molar-refractivity contribution in [2.45, 2.75) is 25.3 Å². The van der Waals surface area contributed by atoms with Crippen LogP contribution in [0, 0.1) is 33.1 Å². The van der Waals surface area contributed by atoms with Gasteiger partial charge in [-0.05, 0) is 72.5 Å². The number of carbonyl (C=O) groups is 2. The summed E-state index contributed by atoms with van der Waals surface area (Å²) < 4.78 is 39.8. The van der Waals surface area contributed by atoms with Crippen LogP contribution in [0.1, 0.15) is 40.6 Å². The Morgan fingerprint density at radius 2 is 1.54 bits per heavy atom. The molecule has 4 aromatic carbocycles. The molecular formula is C40H40N4O13. The van der Waals surface area contributed by atoms with E-state index in [9.17, 15) is 29.8 Å². The maximum Gasteiger partial charge on any atom is 0.349 e. The predicted molar refractivity (Wildman–Crippen MR) is 203 cm³/mol. The third kappa shape index (κ3) is 7.91. The van der Waals surface area contributed by atoms with Gasteiger partial charge in [0.2, 0.25) is 12.5 Å². The Kier molecular flexibility index (Phi) is 11.3. The average Bonchev–Trinajstić information content (AvgIpc) is 3.68. The number of para-hydroxylation sites is 1. The van der Waals surface area contributed by atoms with Gasteiger partial charge in [0.05, 0.1) is 30.7 Å². The van der Waals surface area contributed by atoms with Gasteiger partial charge in [0.1, 0.15) is 0 Å². The molecule has 0 bridgehead atoms. The smallest absolute Gasteiger partial charge is 0.349 e. The van der Waals surface area contributed by atoms with E-state index in [1.165, 1.54) is 32.4 Å². The number of nitrogens with zero attached hydrogens (tertiary/aromatic N) is 4. The van der Waals surface area contributed by atoms with Crippen molar-refractivity contribution in [2.24, 2.45) is 5.92 Å². The number of benzene rings is 4. The largest absolute Gasteiger partial charge is 0.493 e. The number of anilines is 1. The number of piperazine rings is 1. The van der Waals surface area contributed by atoms with E-state index in [2.05, 4.69) is 9.80 Å². The summed E-state index contributed by atoms with van der Waals surface area (Å²) in [5.74, 6) is 0.243. The molecule has 0 radical (unpaired) electrons. The number of ether oxygens (including phenoxy) is 7. The van der Waals surface area contributed by atoms with Crippen molar-refractivity contribution in [3.8, 4) is 34.5 Å². The molecule has 3 aliphatic rings. The summed E-state index contributed by atoms with van der Waals surface area (Å²) in [6.07, 6.45) is 0.544. The fourth-order valence-electron chi connectivity index (χ4n) is 7.98. The Balaban J connectivity index is 1.18. The quantitative estimate of drug-likeness (QED) is 0.0495. The summed E-state index contributed by atoms with van der Waals surface area (Å²) in [4.78, 5) is 51.1. The number of hydrogen-bond donors (Lipinski definition) is 0. The van der Waals surface area contributed by atoms with Crippen LogP contribution < -0.4 is 33.3 Å². The minimum atomic E-state index is -0.839. The molecule has 1 aliphatic carbocycles. The monoisotopic (exact) mass is 784 g/mol. The van der Waals surface area contributed by atoms with Crippen molar-refractivity contribution in [2.75, 3.05) is 65.3 Å². The van der Waals surface area contributed by atoms with Crippen LogP contribution in [0.4, 0.5) is 17.1 Å². The van der Waals surface area contributed by atoms with E-state index >= 15 is 0 Å². The number of hydrogen-bond acceptors (Lipinski definition) is 15. The Morgan fingerprint density at radius 1 is 0.877 bits per heavy atom. The second kappa shape index (κ2) is 16.6. The third-order valence-corrected chi connectivity index (χ3v) is 10.6. The highest BCUT2D eigenvalue weighted by atomic mass is 16.7. The highest BCUT2D eigenvalue weighted by Crippen LogP contribution is 2.53. The van der Waals surface area contributed by atoms with E-state index < -0.39 is 22.4 Å². The predicted octanol–water partition coefficient (Wildman–Crippen LogP) is 5.73. The van der Waals surface area contributed by atoms with Crippen LogP contribution in [0.25, 0.3) is 0 Å². The maximum atomic E-state index is 13.1. The lowest BCUT2D eigenvalue weighted by atomic mass is 9.70. The van der Waals surface area contributed by atoms with Gasteiger partial charge in [-0.2, -0.15) is 0 Å². The molecule has 1 saturated heterocycles. The lowest BCUT2D eigenvalue weighted by molar-refractivity contribution is -0.386. The second-order valence-electron chi connectivity index (χ2n) is 13.7. The van der Waals surface area contributed by atoms with Crippen molar-refractivity contribution in [3.63, 3.8) is 0 Å². The topological polar surface area (TPSA) is 192 Å². The minimum absolute atomic E-state index is 0.00224. The molecule has 0 spiro atoms. The normalized spacial score (nSPS) is 18.6. The zero-order chi connectivity index (χ0) is 40.2. The summed E-state index contributed by atoms with van der Waals surface area (Å²) >= 11 is 0. The number of rotatable bonds is 14. The molecule has 57 heavy (non-hydrogen) atoms. The van der Waals surface area contributed by atoms with Crippen molar-refractivity contribution >= 4 is 29.5 Å². The van der Waals surface area contributed by atoms with Crippen LogP contribution in [-0.4, -0.2) is 87.6 Å². The van der Waals surface area contributed by atoms with Gasteiger partial charge in [0.25, 0.3) is 12.2 Å². The van der Waals surface area contributed by atoms with Gasteiger partial charge < -0.3 is 38.1 Å². The molecule has 1 unspecified atom stereocenters. The van der Waals surface area contributed by atoms with Gasteiger partial charge in [0, 0.05) is 67.4 Å². The van der Waals surface area contributed by atoms with E-state index in [-0.39, 0.29) is 65.7 Å². The Bertz CT molecular complexity index is 2150. The molecule has 1 fully saturated rings. The molecule has 0 N–H and O–H groups in total. The van der Waals surface area contributed by atoms with Crippen LogP contribution >= 0.6 is 0 Å². The second-order valence-corrected chi connectivity index (χ2v) is 13.7. The summed E-state index contributed by atoms with van der Waals surface area (Å²) in [6, 6.07) is 18.4. The molecule has 298 valence electrons. The zero-order valence-electron chi connectivity index (χ0n) is 31.4. The zero-order valence-corrected chi connectivity index (χ0v) is 31.4. The summed E-state index contributed by atoms with van der Waals surface area (Å²) in [7, 11) is 2.87. The molecule has 7 rings (SSSR count). The van der Waals surface area contributed by atoms with E-state index in [0.717, 1.165) is 22.4 Å². The number of aryl methyl sites for hydroxylation is 1. The van der Waals surface area contributed by atoms with E-state index in [0.29, 0.717) is 56.1 Å².